The summed E-state index contributed by atoms with van der Waals surface area (Å²) in [7, 11) is 1.58. The van der Waals surface area contributed by atoms with E-state index in [1.54, 1.807) is 7.11 Å². The maximum absolute atomic E-state index is 12.6. The molecule has 0 aliphatic heterocycles. The molecule has 5 nitrogen and oxygen atoms in total. The molecule has 0 aliphatic rings. The molecule has 0 amide bonds. The summed E-state index contributed by atoms with van der Waals surface area (Å²) < 4.78 is 6.64. The average molecular weight is 380 g/mol. The minimum Gasteiger partial charge on any atom is -0.378 e. The van der Waals surface area contributed by atoms with Gasteiger partial charge in [0.2, 0.25) is 0 Å². The fraction of sp³-hybridized carbons (Fsp3) is 0.143. The Balaban J connectivity index is 1.95. The molecular formula is C21H18ClN3O2. The van der Waals surface area contributed by atoms with E-state index in [4.69, 9.17) is 16.3 Å². The lowest BCUT2D eigenvalue weighted by atomic mass is 10.0. The quantitative estimate of drug-likeness (QED) is 0.568. The van der Waals surface area contributed by atoms with Crippen LogP contribution in [-0.4, -0.2) is 21.7 Å². The highest BCUT2D eigenvalue weighted by Gasteiger charge is 2.17. The zero-order valence-corrected chi connectivity index (χ0v) is 15.5. The van der Waals surface area contributed by atoms with Crippen molar-refractivity contribution in [1.82, 2.24) is 14.6 Å². The summed E-state index contributed by atoms with van der Waals surface area (Å²) in [4.78, 5) is 17.3. The first-order chi connectivity index (χ1) is 13.2. The molecule has 2 aromatic carbocycles. The molecule has 0 atom stereocenters. The molecule has 0 spiro atoms. The lowest BCUT2D eigenvalue weighted by molar-refractivity contribution is 0.181. The van der Waals surface area contributed by atoms with E-state index in [2.05, 4.69) is 22.2 Å². The molecule has 2 heterocycles. The van der Waals surface area contributed by atoms with Gasteiger partial charge in [-0.2, -0.15) is 0 Å². The van der Waals surface area contributed by atoms with Crippen molar-refractivity contribution in [2.24, 2.45) is 0 Å². The summed E-state index contributed by atoms with van der Waals surface area (Å²) in [5.41, 5.74) is 4.93. The maximum atomic E-state index is 12.6. The smallest absolute Gasteiger partial charge is 0.273 e. The Morgan fingerprint density at radius 3 is 2.56 bits per heavy atom. The molecule has 0 radical (unpaired) electrons. The van der Waals surface area contributed by atoms with Crippen LogP contribution in [0, 0.1) is 0 Å². The number of hydrogen-bond donors (Lipinski definition) is 1. The van der Waals surface area contributed by atoms with Gasteiger partial charge in [-0.25, -0.2) is 9.50 Å². The summed E-state index contributed by atoms with van der Waals surface area (Å²) in [5, 5.41) is 3.89. The number of nitrogens with zero attached hydrogens (tertiary/aromatic N) is 2. The molecule has 0 bridgehead atoms. The van der Waals surface area contributed by atoms with Crippen LogP contribution in [0.2, 0.25) is 5.02 Å². The largest absolute Gasteiger partial charge is 0.378 e. The van der Waals surface area contributed by atoms with Gasteiger partial charge in [0.1, 0.15) is 0 Å². The number of halogens is 1. The van der Waals surface area contributed by atoms with Crippen LogP contribution in [0.4, 0.5) is 0 Å². The van der Waals surface area contributed by atoms with Gasteiger partial charge >= 0.3 is 0 Å². The van der Waals surface area contributed by atoms with E-state index in [9.17, 15) is 4.79 Å². The Labute approximate surface area is 161 Å². The van der Waals surface area contributed by atoms with E-state index in [1.165, 1.54) is 10.6 Å². The molecule has 4 rings (SSSR count). The number of ether oxygens (including phenoxy) is 1. The summed E-state index contributed by atoms with van der Waals surface area (Å²) in [6, 6.07) is 19.1. The first-order valence-electron chi connectivity index (χ1n) is 8.58. The summed E-state index contributed by atoms with van der Waals surface area (Å²) in [6.07, 6.45) is 0.654. The van der Waals surface area contributed by atoms with Crippen LogP contribution in [0.15, 0.2) is 65.5 Å². The van der Waals surface area contributed by atoms with E-state index < -0.39 is 0 Å². The van der Waals surface area contributed by atoms with Gasteiger partial charge < -0.3 is 4.74 Å². The molecule has 27 heavy (non-hydrogen) atoms. The predicted molar refractivity (Wildman–Crippen MR) is 106 cm³/mol. The number of benzene rings is 2. The number of H-pyrrole nitrogens is 1. The third-order valence-corrected chi connectivity index (χ3v) is 4.64. The highest BCUT2D eigenvalue weighted by Crippen LogP contribution is 2.29. The second-order valence-corrected chi connectivity index (χ2v) is 6.75. The summed E-state index contributed by atoms with van der Waals surface area (Å²) >= 11 is 6.06. The molecular weight excluding hydrogens is 362 g/mol. The Kier molecular flexibility index (Phi) is 4.79. The van der Waals surface area contributed by atoms with Crippen molar-refractivity contribution in [3.8, 4) is 11.1 Å². The number of fused-ring (bicyclic) bond motifs is 1. The number of aromatic amines is 1. The van der Waals surface area contributed by atoms with Crippen LogP contribution in [0.25, 0.3) is 16.8 Å². The molecule has 0 saturated heterocycles. The average Bonchev–Trinajstić information content (AvgIpc) is 3.02. The third-order valence-electron chi connectivity index (χ3n) is 4.39. The third kappa shape index (κ3) is 3.52. The number of aromatic nitrogens is 3. The van der Waals surface area contributed by atoms with E-state index in [-0.39, 0.29) is 12.2 Å². The van der Waals surface area contributed by atoms with E-state index in [0.717, 1.165) is 22.4 Å². The number of nitrogens with one attached hydrogen (secondary N) is 1. The zero-order chi connectivity index (χ0) is 18.8. The van der Waals surface area contributed by atoms with Crippen LogP contribution in [0.3, 0.4) is 0 Å². The van der Waals surface area contributed by atoms with Crippen LogP contribution < -0.4 is 5.56 Å². The summed E-state index contributed by atoms with van der Waals surface area (Å²) in [5.74, 6) is 0. The molecule has 136 valence electrons. The summed E-state index contributed by atoms with van der Waals surface area (Å²) in [6.45, 7) is 0.283. The van der Waals surface area contributed by atoms with E-state index >= 15 is 0 Å². The highest BCUT2D eigenvalue weighted by molar-refractivity contribution is 6.30. The number of rotatable bonds is 5. The molecule has 6 heteroatoms. The molecule has 0 fully saturated rings. The van der Waals surface area contributed by atoms with Gasteiger partial charge in [-0.15, -0.1) is 0 Å². The van der Waals surface area contributed by atoms with Gasteiger partial charge in [-0.3, -0.25) is 9.89 Å². The number of hydrogen-bond acceptors (Lipinski definition) is 3. The normalized spacial score (nSPS) is 11.2. The van der Waals surface area contributed by atoms with Crippen molar-refractivity contribution in [3.63, 3.8) is 0 Å². The second kappa shape index (κ2) is 7.39. The molecule has 0 unspecified atom stereocenters. The fourth-order valence-electron chi connectivity index (χ4n) is 3.20. The molecule has 4 aromatic rings. The van der Waals surface area contributed by atoms with Gasteiger partial charge in [0.15, 0.2) is 5.65 Å². The SMILES string of the molecule is COCc1cc(=O)n2[nH]c(Cc3ccccc3)c(-c3ccc(Cl)cc3)c2n1. The molecule has 0 aliphatic carbocycles. The Bertz CT molecular complexity index is 1130. The first kappa shape index (κ1) is 17.5. The van der Waals surface area contributed by atoms with Crippen LogP contribution in [-0.2, 0) is 17.8 Å². The van der Waals surface area contributed by atoms with E-state index in [0.29, 0.717) is 22.8 Å². The minimum absolute atomic E-state index is 0.165. The zero-order valence-electron chi connectivity index (χ0n) is 14.8. The second-order valence-electron chi connectivity index (χ2n) is 6.31. The van der Waals surface area contributed by atoms with Gasteiger partial charge in [0, 0.05) is 35.9 Å². The van der Waals surface area contributed by atoms with Crippen LogP contribution in [0.1, 0.15) is 17.0 Å². The highest BCUT2D eigenvalue weighted by atomic mass is 35.5. The first-order valence-corrected chi connectivity index (χ1v) is 8.96. The topological polar surface area (TPSA) is 59.4 Å². The monoisotopic (exact) mass is 379 g/mol. The van der Waals surface area contributed by atoms with Crippen molar-refractivity contribution in [3.05, 3.63) is 93.0 Å². The Hall–Kier alpha value is -2.89. The Morgan fingerprint density at radius 2 is 1.85 bits per heavy atom. The number of methoxy groups -OCH3 is 1. The van der Waals surface area contributed by atoms with Crippen molar-refractivity contribution in [2.75, 3.05) is 7.11 Å². The molecule has 1 N–H and O–H groups in total. The minimum atomic E-state index is -0.165. The van der Waals surface area contributed by atoms with Gasteiger partial charge in [0.05, 0.1) is 12.3 Å². The van der Waals surface area contributed by atoms with Crippen LogP contribution in [0.5, 0.6) is 0 Å². The van der Waals surface area contributed by atoms with Gasteiger partial charge in [-0.05, 0) is 23.3 Å². The lowest BCUT2D eigenvalue weighted by Crippen LogP contribution is -2.16. The van der Waals surface area contributed by atoms with Crippen molar-refractivity contribution in [1.29, 1.82) is 0 Å². The maximum Gasteiger partial charge on any atom is 0.273 e. The molecule has 2 aromatic heterocycles. The van der Waals surface area contributed by atoms with Crippen molar-refractivity contribution in [2.45, 2.75) is 13.0 Å². The standard InChI is InChI=1S/C21H18ClN3O2/c1-27-13-17-12-19(26)25-21(23-17)20(15-7-9-16(22)10-8-15)18(24-25)11-14-5-3-2-4-6-14/h2-10,12,24H,11,13H2,1H3. The van der Waals surface area contributed by atoms with Gasteiger partial charge in [-0.1, -0.05) is 54.1 Å². The lowest BCUT2D eigenvalue weighted by Gasteiger charge is -2.05. The van der Waals surface area contributed by atoms with Crippen molar-refractivity contribution < 1.29 is 4.74 Å². The van der Waals surface area contributed by atoms with E-state index in [1.807, 2.05) is 42.5 Å². The van der Waals surface area contributed by atoms with Gasteiger partial charge in [0.25, 0.3) is 5.56 Å². The fourth-order valence-corrected chi connectivity index (χ4v) is 3.33. The Morgan fingerprint density at radius 1 is 1.11 bits per heavy atom. The van der Waals surface area contributed by atoms with Crippen molar-refractivity contribution >= 4 is 17.2 Å². The molecule has 0 saturated carbocycles. The van der Waals surface area contributed by atoms with Crippen LogP contribution >= 0.6 is 11.6 Å². The predicted octanol–water partition coefficient (Wildman–Crippen LogP) is 4.08.